The van der Waals surface area contributed by atoms with Crippen LogP contribution < -0.4 is 5.32 Å². The number of amides is 1. The maximum Gasteiger partial charge on any atom is 0.227 e. The molecule has 7 heteroatoms. The molecule has 0 radical (unpaired) electrons. The van der Waals surface area contributed by atoms with Gasteiger partial charge in [-0.05, 0) is 47.7 Å². The van der Waals surface area contributed by atoms with Crippen LogP contribution in [0.5, 0.6) is 0 Å². The van der Waals surface area contributed by atoms with E-state index in [4.69, 9.17) is 0 Å². The molecule has 0 bridgehead atoms. The van der Waals surface area contributed by atoms with Crippen LogP contribution in [0, 0.1) is 5.92 Å². The number of hydrogen-bond donors (Lipinski definition) is 1. The average Bonchev–Trinajstić information content (AvgIpc) is 2.85. The van der Waals surface area contributed by atoms with Crippen LogP contribution in [0.25, 0.3) is 5.69 Å². The third kappa shape index (κ3) is 2.53. The van der Waals surface area contributed by atoms with Crippen LogP contribution in [-0.4, -0.2) is 32.4 Å². The molecule has 2 aromatic rings. The van der Waals surface area contributed by atoms with Crippen LogP contribution in [0.4, 0.5) is 5.69 Å². The van der Waals surface area contributed by atoms with E-state index in [1.54, 1.807) is 4.68 Å². The van der Waals surface area contributed by atoms with Crippen LogP contribution >= 0.6 is 11.8 Å². The van der Waals surface area contributed by atoms with Crippen molar-refractivity contribution in [2.45, 2.75) is 24.4 Å². The Labute approximate surface area is 120 Å². The van der Waals surface area contributed by atoms with Crippen LogP contribution in [0.3, 0.4) is 0 Å². The highest BCUT2D eigenvalue weighted by Gasteiger charge is 2.25. The summed E-state index contributed by atoms with van der Waals surface area (Å²) >= 11 is 1.47. The molecule has 1 N–H and O–H groups in total. The molecular weight excluding hydrogens is 274 g/mol. The molecule has 1 aromatic carbocycles. The van der Waals surface area contributed by atoms with Crippen molar-refractivity contribution >= 4 is 23.4 Å². The van der Waals surface area contributed by atoms with Gasteiger partial charge < -0.3 is 5.32 Å². The third-order valence-corrected chi connectivity index (χ3v) is 4.08. The predicted molar refractivity (Wildman–Crippen MR) is 76.9 cm³/mol. The summed E-state index contributed by atoms with van der Waals surface area (Å²) < 4.78 is 1.66. The molecule has 0 spiro atoms. The quantitative estimate of drug-likeness (QED) is 0.873. The zero-order valence-electron chi connectivity index (χ0n) is 11.1. The van der Waals surface area contributed by atoms with Gasteiger partial charge in [-0.2, -0.15) is 4.68 Å². The summed E-state index contributed by atoms with van der Waals surface area (Å²) in [6.07, 6.45) is 5.06. The average molecular weight is 289 g/mol. The maximum atomic E-state index is 12.0. The summed E-state index contributed by atoms with van der Waals surface area (Å²) in [5.41, 5.74) is 1.62. The Hall–Kier alpha value is -1.89. The monoisotopic (exact) mass is 289 g/mol. The molecule has 0 saturated heterocycles. The van der Waals surface area contributed by atoms with Crippen molar-refractivity contribution < 1.29 is 4.79 Å². The van der Waals surface area contributed by atoms with Gasteiger partial charge >= 0.3 is 0 Å². The van der Waals surface area contributed by atoms with Gasteiger partial charge in [0, 0.05) is 11.6 Å². The molecule has 0 aliphatic heterocycles. The van der Waals surface area contributed by atoms with Crippen molar-refractivity contribution in [1.29, 1.82) is 0 Å². The fourth-order valence-corrected chi connectivity index (χ4v) is 2.53. The number of benzene rings is 1. The van der Waals surface area contributed by atoms with Crippen molar-refractivity contribution in [3.8, 4) is 5.69 Å². The van der Waals surface area contributed by atoms with E-state index < -0.39 is 0 Å². The molecule has 1 aromatic heterocycles. The van der Waals surface area contributed by atoms with Crippen LogP contribution in [-0.2, 0) is 4.79 Å². The van der Waals surface area contributed by atoms with Gasteiger partial charge in [-0.1, -0.05) is 24.2 Å². The Balaban J connectivity index is 1.80. The van der Waals surface area contributed by atoms with Crippen LogP contribution in [0.1, 0.15) is 19.3 Å². The molecular formula is C13H15N5OS. The molecule has 104 valence electrons. The second-order valence-corrected chi connectivity index (χ2v) is 5.52. The minimum atomic E-state index is 0.107. The molecule has 0 unspecified atom stereocenters. The van der Waals surface area contributed by atoms with Gasteiger partial charge in [-0.25, -0.2) is 0 Å². The van der Waals surface area contributed by atoms with Gasteiger partial charge in [-0.3, -0.25) is 4.79 Å². The number of carbonyl (C=O) groups excluding carboxylic acids is 1. The van der Waals surface area contributed by atoms with Crippen molar-refractivity contribution in [3.05, 3.63) is 24.3 Å². The number of hydrogen-bond acceptors (Lipinski definition) is 5. The topological polar surface area (TPSA) is 72.7 Å². The van der Waals surface area contributed by atoms with E-state index in [1.165, 1.54) is 11.8 Å². The molecule has 3 rings (SSSR count). The van der Waals surface area contributed by atoms with E-state index in [1.807, 2.05) is 30.5 Å². The largest absolute Gasteiger partial charge is 0.326 e. The first-order valence-electron chi connectivity index (χ1n) is 6.51. The fraction of sp³-hybridized carbons (Fsp3) is 0.385. The molecule has 1 saturated carbocycles. The molecule has 6 nitrogen and oxygen atoms in total. The van der Waals surface area contributed by atoms with Crippen molar-refractivity contribution in [3.63, 3.8) is 0 Å². The minimum absolute atomic E-state index is 0.107. The second kappa shape index (κ2) is 5.62. The van der Waals surface area contributed by atoms with Crippen molar-refractivity contribution in [2.24, 2.45) is 5.92 Å². The van der Waals surface area contributed by atoms with Gasteiger partial charge in [0.15, 0.2) is 0 Å². The summed E-state index contributed by atoms with van der Waals surface area (Å²) in [7, 11) is 0. The van der Waals surface area contributed by atoms with Crippen LogP contribution in [0.15, 0.2) is 29.4 Å². The van der Waals surface area contributed by atoms with Gasteiger partial charge in [0.25, 0.3) is 0 Å². The number of carbonyl (C=O) groups is 1. The molecule has 20 heavy (non-hydrogen) atoms. The highest BCUT2D eigenvalue weighted by Crippen LogP contribution is 2.28. The van der Waals surface area contributed by atoms with Gasteiger partial charge in [0.05, 0.1) is 5.69 Å². The fourth-order valence-electron chi connectivity index (χ4n) is 2.10. The Kier molecular flexibility index (Phi) is 3.68. The lowest BCUT2D eigenvalue weighted by molar-refractivity contribution is -0.122. The number of anilines is 1. The van der Waals surface area contributed by atoms with E-state index in [0.717, 1.165) is 30.6 Å². The smallest absolute Gasteiger partial charge is 0.227 e. The van der Waals surface area contributed by atoms with E-state index in [-0.39, 0.29) is 11.8 Å². The maximum absolute atomic E-state index is 12.0. The summed E-state index contributed by atoms with van der Waals surface area (Å²) in [6, 6.07) is 7.56. The third-order valence-electron chi connectivity index (χ3n) is 3.46. The minimum Gasteiger partial charge on any atom is -0.326 e. The lowest BCUT2D eigenvalue weighted by atomic mass is 9.85. The second-order valence-electron chi connectivity index (χ2n) is 4.74. The highest BCUT2D eigenvalue weighted by molar-refractivity contribution is 7.98. The zero-order valence-corrected chi connectivity index (χ0v) is 11.9. The number of nitrogens with zero attached hydrogens (tertiary/aromatic N) is 4. The normalized spacial score (nSPS) is 14.8. The van der Waals surface area contributed by atoms with E-state index in [0.29, 0.717) is 5.16 Å². The lowest BCUT2D eigenvalue weighted by Crippen LogP contribution is -2.28. The summed E-state index contributed by atoms with van der Waals surface area (Å²) in [5.74, 6) is 0.281. The molecule has 1 aliphatic rings. The summed E-state index contributed by atoms with van der Waals surface area (Å²) in [5, 5.41) is 15.2. The molecule has 1 amide bonds. The highest BCUT2D eigenvalue weighted by atomic mass is 32.2. The lowest BCUT2D eigenvalue weighted by Gasteiger charge is -2.24. The number of nitrogens with one attached hydrogen (secondary N) is 1. The Morgan fingerprint density at radius 2 is 2.30 bits per heavy atom. The first-order chi connectivity index (χ1) is 9.78. The van der Waals surface area contributed by atoms with Crippen molar-refractivity contribution in [1.82, 2.24) is 20.2 Å². The predicted octanol–water partition coefficient (Wildman–Crippen LogP) is 2.12. The Bertz CT molecular complexity index is 623. The van der Waals surface area contributed by atoms with E-state index in [2.05, 4.69) is 20.8 Å². The first kappa shape index (κ1) is 13.1. The SMILES string of the molecule is CSc1nnnn1-c1cccc(NC(=O)C2CCC2)c1. The van der Waals surface area contributed by atoms with Gasteiger partial charge in [-0.15, -0.1) is 5.10 Å². The van der Waals surface area contributed by atoms with E-state index in [9.17, 15) is 4.79 Å². The Morgan fingerprint density at radius 3 is 3.00 bits per heavy atom. The number of rotatable bonds is 4. The van der Waals surface area contributed by atoms with Gasteiger partial charge in [0.2, 0.25) is 11.1 Å². The summed E-state index contributed by atoms with van der Waals surface area (Å²) in [6.45, 7) is 0. The standard InChI is InChI=1S/C13H15N5OS/c1-20-13-15-16-17-18(13)11-7-3-6-10(8-11)14-12(19)9-4-2-5-9/h3,6-9H,2,4-5H2,1H3,(H,14,19). The van der Waals surface area contributed by atoms with Crippen LogP contribution in [0.2, 0.25) is 0 Å². The zero-order chi connectivity index (χ0) is 13.9. The van der Waals surface area contributed by atoms with E-state index >= 15 is 0 Å². The molecule has 1 fully saturated rings. The first-order valence-corrected chi connectivity index (χ1v) is 7.74. The number of aromatic nitrogens is 4. The van der Waals surface area contributed by atoms with Crippen molar-refractivity contribution in [2.75, 3.05) is 11.6 Å². The molecule has 1 aliphatic carbocycles. The number of tetrazole rings is 1. The number of thioether (sulfide) groups is 1. The molecule has 1 heterocycles. The summed E-state index contributed by atoms with van der Waals surface area (Å²) in [4.78, 5) is 12.0. The molecule has 0 atom stereocenters. The van der Waals surface area contributed by atoms with Gasteiger partial charge in [0.1, 0.15) is 0 Å². The Morgan fingerprint density at radius 1 is 1.45 bits per heavy atom.